The van der Waals surface area contributed by atoms with Crippen LogP contribution in [0.3, 0.4) is 0 Å². The average Bonchev–Trinajstić information content (AvgIpc) is 2.72. The summed E-state index contributed by atoms with van der Waals surface area (Å²) in [5.41, 5.74) is 3.11. The maximum absolute atomic E-state index is 13.0. The summed E-state index contributed by atoms with van der Waals surface area (Å²) in [6.45, 7) is 2.06. The maximum atomic E-state index is 13.0. The van der Waals surface area contributed by atoms with Crippen molar-refractivity contribution in [2.24, 2.45) is 11.4 Å². The summed E-state index contributed by atoms with van der Waals surface area (Å²) in [6.07, 6.45) is 1.72. The molecule has 1 aliphatic rings. The number of para-hydroxylation sites is 1. The highest BCUT2D eigenvalue weighted by molar-refractivity contribution is 7.93. The predicted molar refractivity (Wildman–Crippen MR) is 85.8 cm³/mol. The van der Waals surface area contributed by atoms with Gasteiger partial charge in [0.15, 0.2) is 5.49 Å². The van der Waals surface area contributed by atoms with E-state index in [2.05, 4.69) is 29.5 Å². The van der Waals surface area contributed by atoms with Gasteiger partial charge in [-0.05, 0) is 19.1 Å². The van der Waals surface area contributed by atoms with Gasteiger partial charge in [-0.25, -0.2) is 4.21 Å². The summed E-state index contributed by atoms with van der Waals surface area (Å²) in [5, 5.41) is 3.33. The molecule has 2 heterocycles. The van der Waals surface area contributed by atoms with E-state index in [0.29, 0.717) is 0 Å². The number of hydrogen-bond donors (Lipinski definition) is 0. The van der Waals surface area contributed by atoms with Crippen LogP contribution in [0.15, 0.2) is 46.9 Å². The van der Waals surface area contributed by atoms with Crippen LogP contribution in [-0.4, -0.2) is 15.0 Å². The molecule has 106 valence electrons. The number of fused-ring (bicyclic) bond motifs is 4. The predicted octanol–water partition coefficient (Wildman–Crippen LogP) is 2.49. The zero-order valence-corrected chi connectivity index (χ0v) is 13.1. The van der Waals surface area contributed by atoms with Crippen molar-refractivity contribution >= 4 is 20.6 Å². The van der Waals surface area contributed by atoms with E-state index in [1.54, 1.807) is 6.26 Å². The summed E-state index contributed by atoms with van der Waals surface area (Å²) >= 11 is 0. The molecule has 4 rings (SSSR count). The van der Waals surface area contributed by atoms with Crippen molar-refractivity contribution in [1.29, 1.82) is 0 Å². The van der Waals surface area contributed by atoms with Crippen molar-refractivity contribution in [2.75, 3.05) is 6.26 Å². The zero-order chi connectivity index (χ0) is 14.8. The van der Waals surface area contributed by atoms with Crippen molar-refractivity contribution in [3.63, 3.8) is 0 Å². The molecule has 0 N–H and O–H groups in total. The fourth-order valence-electron chi connectivity index (χ4n) is 3.14. The Morgan fingerprint density at radius 2 is 1.90 bits per heavy atom. The highest BCUT2D eigenvalue weighted by Gasteiger charge is 2.13. The van der Waals surface area contributed by atoms with Crippen molar-refractivity contribution in [3.05, 3.63) is 68.5 Å². The Balaban J connectivity index is 2.58. The molecule has 1 unspecified atom stereocenters. The van der Waals surface area contributed by atoms with Crippen LogP contribution in [0.5, 0.6) is 0 Å². The lowest BCUT2D eigenvalue weighted by molar-refractivity contribution is 0.681. The van der Waals surface area contributed by atoms with E-state index in [4.69, 9.17) is 0 Å². The third kappa shape index (κ3) is 1.62. The number of benzene rings is 2. The van der Waals surface area contributed by atoms with Crippen molar-refractivity contribution in [3.8, 4) is 0 Å². The molecular weight excluding hydrogens is 280 g/mol. The number of nitrogens with zero attached hydrogens (tertiary/aromatic N) is 2. The van der Waals surface area contributed by atoms with E-state index in [-0.39, 0.29) is 0 Å². The second-order valence-corrected chi connectivity index (χ2v) is 7.90. The van der Waals surface area contributed by atoms with Gasteiger partial charge < -0.3 is 4.57 Å². The molecule has 4 heteroatoms. The highest BCUT2D eigenvalue weighted by atomic mass is 32.2. The molecule has 21 heavy (non-hydrogen) atoms. The minimum absolute atomic E-state index is 0.821. The largest absolute Gasteiger partial charge is 0.328 e. The first-order chi connectivity index (χ1) is 9.99. The Labute approximate surface area is 123 Å². The third-order valence-corrected chi connectivity index (χ3v) is 5.84. The standard InChI is InChI=1S/C17H16N2OS/c1-11-8-9-15-13(10-11)16-12-6-4-5-7-14(12)19(2)17(16)18-21(15,3)20/h4-10H,1-3H3. The monoisotopic (exact) mass is 296 g/mol. The normalized spacial score (nSPS) is 20.0. The average molecular weight is 296 g/mol. The fourth-order valence-corrected chi connectivity index (χ4v) is 4.67. The van der Waals surface area contributed by atoms with Crippen LogP contribution < -0.4 is 5.49 Å². The van der Waals surface area contributed by atoms with Crippen LogP contribution in [-0.2, 0) is 16.8 Å². The molecule has 1 aromatic heterocycles. The topological polar surface area (TPSA) is 34.4 Å². The SMILES string of the molecule is Cc1ccc2c(c1)=c1c(n(C)c3ccccc13)=NS=2(C)=O. The first-order valence-corrected chi connectivity index (χ1v) is 8.82. The smallest absolute Gasteiger partial charge is 0.151 e. The van der Waals surface area contributed by atoms with E-state index < -0.39 is 9.71 Å². The fraction of sp³-hybridized carbons (Fsp3) is 0.176. The number of aromatic nitrogens is 1. The summed E-state index contributed by atoms with van der Waals surface area (Å²) in [6, 6.07) is 14.3. The lowest BCUT2D eigenvalue weighted by Gasteiger charge is -2.05. The van der Waals surface area contributed by atoms with Gasteiger partial charge in [-0.15, -0.1) is 0 Å². The van der Waals surface area contributed by atoms with Crippen LogP contribution >= 0.6 is 0 Å². The van der Waals surface area contributed by atoms with E-state index in [9.17, 15) is 4.21 Å². The van der Waals surface area contributed by atoms with Gasteiger partial charge in [0, 0.05) is 29.1 Å². The Bertz CT molecular complexity index is 1210. The lowest BCUT2D eigenvalue weighted by Crippen LogP contribution is -2.19. The molecule has 3 nitrogen and oxygen atoms in total. The summed E-state index contributed by atoms with van der Waals surface area (Å²) in [5.74, 6) is 0. The Morgan fingerprint density at radius 1 is 1.14 bits per heavy atom. The van der Waals surface area contributed by atoms with Crippen LogP contribution in [0.2, 0.25) is 0 Å². The molecule has 0 radical (unpaired) electrons. The quantitative estimate of drug-likeness (QED) is 0.587. The molecule has 0 aliphatic carbocycles. The van der Waals surface area contributed by atoms with Gasteiger partial charge in [-0.1, -0.05) is 35.9 Å². The van der Waals surface area contributed by atoms with Crippen LogP contribution in [0.4, 0.5) is 0 Å². The summed E-state index contributed by atoms with van der Waals surface area (Å²) in [7, 11) is -0.401. The molecule has 0 fully saturated rings. The zero-order valence-electron chi connectivity index (χ0n) is 12.3. The number of rotatable bonds is 0. The molecule has 0 amide bonds. The van der Waals surface area contributed by atoms with Gasteiger partial charge in [0.1, 0.15) is 0 Å². The lowest BCUT2D eigenvalue weighted by atomic mass is 10.1. The molecular formula is C17H16N2OS. The second kappa shape index (κ2) is 3.98. The van der Waals surface area contributed by atoms with E-state index in [1.165, 1.54) is 10.9 Å². The highest BCUT2D eigenvalue weighted by Crippen LogP contribution is 2.18. The van der Waals surface area contributed by atoms with Gasteiger partial charge in [0.05, 0.1) is 19.7 Å². The molecule has 0 saturated heterocycles. The van der Waals surface area contributed by atoms with Crippen LogP contribution in [0.1, 0.15) is 5.56 Å². The molecule has 0 spiro atoms. The first kappa shape index (κ1) is 12.7. The van der Waals surface area contributed by atoms with Gasteiger partial charge in [0.2, 0.25) is 0 Å². The summed E-state index contributed by atoms with van der Waals surface area (Å²) in [4.78, 5) is 0. The van der Waals surface area contributed by atoms with Gasteiger partial charge in [-0.3, -0.25) is 0 Å². The molecule has 1 aliphatic heterocycles. The van der Waals surface area contributed by atoms with Gasteiger partial charge in [0.25, 0.3) is 0 Å². The van der Waals surface area contributed by atoms with Crippen molar-refractivity contribution in [1.82, 2.24) is 4.57 Å². The molecule has 2 aromatic carbocycles. The maximum Gasteiger partial charge on any atom is 0.151 e. The minimum Gasteiger partial charge on any atom is -0.328 e. The van der Waals surface area contributed by atoms with Crippen molar-refractivity contribution < 1.29 is 4.21 Å². The Hall–Kier alpha value is -2.07. The van der Waals surface area contributed by atoms with Crippen molar-refractivity contribution in [2.45, 2.75) is 6.92 Å². The van der Waals surface area contributed by atoms with Gasteiger partial charge in [-0.2, -0.15) is 4.40 Å². The Morgan fingerprint density at radius 3 is 2.71 bits per heavy atom. The first-order valence-electron chi connectivity index (χ1n) is 6.90. The van der Waals surface area contributed by atoms with E-state index in [0.717, 1.165) is 26.0 Å². The van der Waals surface area contributed by atoms with Gasteiger partial charge >= 0.3 is 0 Å². The third-order valence-electron chi connectivity index (χ3n) is 4.15. The molecule has 3 aromatic rings. The molecule has 0 bridgehead atoms. The Kier molecular flexibility index (Phi) is 2.40. The molecule has 1 atom stereocenters. The second-order valence-electron chi connectivity index (χ2n) is 5.67. The van der Waals surface area contributed by atoms with E-state index >= 15 is 0 Å². The molecule has 0 saturated carbocycles. The summed E-state index contributed by atoms with van der Waals surface area (Å²) < 4.78 is 20.4. The minimum atomic E-state index is -2.39. The van der Waals surface area contributed by atoms with Crippen LogP contribution in [0.25, 0.3) is 10.9 Å². The number of hydrogen-bond acceptors (Lipinski definition) is 1. The van der Waals surface area contributed by atoms with Crippen LogP contribution in [0, 0.1) is 21.9 Å². The number of aryl methyl sites for hydroxylation is 2. The van der Waals surface area contributed by atoms with E-state index in [1.807, 2.05) is 35.9 Å².